The Bertz CT molecular complexity index is 368. The second-order valence-electron chi connectivity index (χ2n) is 5.09. The van der Waals surface area contributed by atoms with E-state index in [9.17, 15) is 5.11 Å². The zero-order valence-corrected chi connectivity index (χ0v) is 11.8. The summed E-state index contributed by atoms with van der Waals surface area (Å²) in [4.78, 5) is 2.44. The van der Waals surface area contributed by atoms with E-state index in [0.717, 1.165) is 18.7 Å². The maximum atomic E-state index is 9.92. The van der Waals surface area contributed by atoms with Crippen molar-refractivity contribution >= 4 is 11.6 Å². The van der Waals surface area contributed by atoms with Gasteiger partial charge in [0.1, 0.15) is 5.75 Å². The average Bonchev–Trinajstić information content (AvgIpc) is 2.40. The van der Waals surface area contributed by atoms with E-state index in [1.54, 1.807) is 12.1 Å². The van der Waals surface area contributed by atoms with E-state index in [4.69, 9.17) is 11.6 Å². The largest absolute Gasteiger partial charge is 0.508 e. The molecule has 0 aromatic heterocycles. The zero-order valence-electron chi connectivity index (χ0n) is 11.0. The summed E-state index contributed by atoms with van der Waals surface area (Å²) in [7, 11) is 0. The molecule has 0 aliphatic heterocycles. The molecule has 1 aliphatic carbocycles. The highest BCUT2D eigenvalue weighted by molar-refractivity contribution is 6.31. The van der Waals surface area contributed by atoms with Crippen LogP contribution in [0.5, 0.6) is 5.75 Å². The molecule has 1 N–H and O–H groups in total. The minimum absolute atomic E-state index is 0.316. The van der Waals surface area contributed by atoms with Crippen LogP contribution in [0.3, 0.4) is 0 Å². The van der Waals surface area contributed by atoms with Crippen LogP contribution in [0.2, 0.25) is 5.02 Å². The molecule has 2 nitrogen and oxygen atoms in total. The predicted octanol–water partition coefficient (Wildman–Crippen LogP) is 4.20. The van der Waals surface area contributed by atoms with Gasteiger partial charge < -0.3 is 5.11 Å². The summed E-state index contributed by atoms with van der Waals surface area (Å²) in [6.07, 6.45) is 6.58. The van der Waals surface area contributed by atoms with Crippen LogP contribution in [-0.2, 0) is 6.54 Å². The van der Waals surface area contributed by atoms with Crippen molar-refractivity contribution in [3.63, 3.8) is 0 Å². The van der Waals surface area contributed by atoms with Crippen LogP contribution < -0.4 is 0 Å². The molecule has 1 aromatic carbocycles. The molecular weight excluding hydrogens is 246 g/mol. The Kier molecular flexibility index (Phi) is 4.90. The molecule has 0 atom stereocenters. The number of phenolic OH excluding ortho intramolecular Hbond substituents is 1. The van der Waals surface area contributed by atoms with Gasteiger partial charge in [0.05, 0.1) is 0 Å². The number of nitrogens with zero attached hydrogens (tertiary/aromatic N) is 1. The van der Waals surface area contributed by atoms with Gasteiger partial charge in [-0.1, -0.05) is 43.9 Å². The first-order valence-electron chi connectivity index (χ1n) is 6.92. The molecule has 0 saturated heterocycles. The van der Waals surface area contributed by atoms with E-state index in [1.807, 2.05) is 6.07 Å². The topological polar surface area (TPSA) is 23.5 Å². The number of benzene rings is 1. The SMILES string of the molecule is CCN(Cc1c(O)cccc1Cl)C1CCCCC1. The normalized spacial score (nSPS) is 17.3. The molecule has 0 spiro atoms. The monoisotopic (exact) mass is 267 g/mol. The van der Waals surface area contributed by atoms with Gasteiger partial charge in [-0.25, -0.2) is 0 Å². The Morgan fingerprint density at radius 3 is 2.61 bits per heavy atom. The van der Waals surface area contributed by atoms with Crippen LogP contribution in [0.4, 0.5) is 0 Å². The molecule has 18 heavy (non-hydrogen) atoms. The number of phenols is 1. The predicted molar refractivity (Wildman–Crippen MR) is 76.1 cm³/mol. The number of aromatic hydroxyl groups is 1. The van der Waals surface area contributed by atoms with Gasteiger partial charge in [0, 0.05) is 23.2 Å². The van der Waals surface area contributed by atoms with Gasteiger partial charge in [-0.15, -0.1) is 0 Å². The van der Waals surface area contributed by atoms with Crippen LogP contribution in [0.25, 0.3) is 0 Å². The van der Waals surface area contributed by atoms with Crippen LogP contribution in [-0.4, -0.2) is 22.6 Å². The molecule has 0 amide bonds. The van der Waals surface area contributed by atoms with Gasteiger partial charge in [-0.3, -0.25) is 4.90 Å². The van der Waals surface area contributed by atoms with Crippen LogP contribution in [0.1, 0.15) is 44.6 Å². The molecule has 3 heteroatoms. The number of hydrogen-bond donors (Lipinski definition) is 1. The number of rotatable bonds is 4. The molecule has 1 fully saturated rings. The molecular formula is C15H22ClNO. The first-order valence-corrected chi connectivity index (χ1v) is 7.30. The Morgan fingerprint density at radius 2 is 2.00 bits per heavy atom. The average molecular weight is 268 g/mol. The highest BCUT2D eigenvalue weighted by Crippen LogP contribution is 2.29. The van der Waals surface area contributed by atoms with Crippen LogP contribution in [0.15, 0.2) is 18.2 Å². The van der Waals surface area contributed by atoms with Crippen molar-refractivity contribution in [3.05, 3.63) is 28.8 Å². The minimum atomic E-state index is 0.316. The molecule has 100 valence electrons. The molecule has 1 aromatic rings. The molecule has 0 bridgehead atoms. The van der Waals surface area contributed by atoms with Crippen molar-refractivity contribution in [2.75, 3.05) is 6.54 Å². The molecule has 1 saturated carbocycles. The van der Waals surface area contributed by atoms with Crippen molar-refractivity contribution in [2.45, 2.75) is 51.6 Å². The van der Waals surface area contributed by atoms with Crippen molar-refractivity contribution in [1.82, 2.24) is 4.90 Å². The molecule has 2 rings (SSSR count). The Hall–Kier alpha value is -0.730. The second-order valence-corrected chi connectivity index (χ2v) is 5.50. The van der Waals surface area contributed by atoms with Gasteiger partial charge in [-0.05, 0) is 31.5 Å². The zero-order chi connectivity index (χ0) is 13.0. The first kappa shape index (κ1) is 13.7. The third-order valence-electron chi connectivity index (χ3n) is 3.95. The molecule has 0 radical (unpaired) electrons. The fourth-order valence-electron chi connectivity index (χ4n) is 2.85. The van der Waals surface area contributed by atoms with E-state index in [0.29, 0.717) is 16.8 Å². The third-order valence-corrected chi connectivity index (χ3v) is 4.31. The van der Waals surface area contributed by atoms with E-state index >= 15 is 0 Å². The first-order chi connectivity index (χ1) is 8.72. The second kappa shape index (κ2) is 6.44. The maximum Gasteiger partial charge on any atom is 0.121 e. The number of halogens is 1. The van der Waals surface area contributed by atoms with Gasteiger partial charge in [0.2, 0.25) is 0 Å². The van der Waals surface area contributed by atoms with E-state index in [1.165, 1.54) is 32.1 Å². The molecule has 1 aliphatic rings. The minimum Gasteiger partial charge on any atom is -0.508 e. The summed E-state index contributed by atoms with van der Waals surface area (Å²) in [5.74, 6) is 0.316. The standard InChI is InChI=1S/C15H22ClNO/c1-2-17(12-7-4-3-5-8-12)11-13-14(16)9-6-10-15(13)18/h6,9-10,12,18H,2-5,7-8,11H2,1H3. The van der Waals surface area contributed by atoms with Crippen molar-refractivity contribution in [2.24, 2.45) is 0 Å². The van der Waals surface area contributed by atoms with Crippen molar-refractivity contribution in [1.29, 1.82) is 0 Å². The maximum absolute atomic E-state index is 9.92. The molecule has 0 heterocycles. The fraction of sp³-hybridized carbons (Fsp3) is 0.600. The van der Waals surface area contributed by atoms with E-state index in [2.05, 4.69) is 11.8 Å². The van der Waals surface area contributed by atoms with Gasteiger partial charge in [-0.2, -0.15) is 0 Å². The highest BCUT2D eigenvalue weighted by atomic mass is 35.5. The summed E-state index contributed by atoms with van der Waals surface area (Å²) >= 11 is 6.18. The highest BCUT2D eigenvalue weighted by Gasteiger charge is 2.21. The lowest BCUT2D eigenvalue weighted by atomic mass is 9.94. The summed E-state index contributed by atoms with van der Waals surface area (Å²) in [5.41, 5.74) is 0.867. The van der Waals surface area contributed by atoms with Crippen LogP contribution >= 0.6 is 11.6 Å². The lowest BCUT2D eigenvalue weighted by Gasteiger charge is -2.33. The van der Waals surface area contributed by atoms with E-state index in [-0.39, 0.29) is 0 Å². The number of hydrogen-bond acceptors (Lipinski definition) is 2. The summed E-state index contributed by atoms with van der Waals surface area (Å²) in [6, 6.07) is 6.01. The van der Waals surface area contributed by atoms with Crippen molar-refractivity contribution in [3.8, 4) is 5.75 Å². The lowest BCUT2D eigenvalue weighted by molar-refractivity contribution is 0.154. The fourth-order valence-corrected chi connectivity index (χ4v) is 3.08. The summed E-state index contributed by atoms with van der Waals surface area (Å²) < 4.78 is 0. The summed E-state index contributed by atoms with van der Waals surface area (Å²) in [5, 5.41) is 10.6. The quantitative estimate of drug-likeness (QED) is 0.884. The Labute approximate surface area is 115 Å². The Balaban J connectivity index is 2.09. The van der Waals surface area contributed by atoms with E-state index < -0.39 is 0 Å². The summed E-state index contributed by atoms with van der Waals surface area (Å²) in [6.45, 7) is 3.95. The molecule has 0 unspecified atom stereocenters. The van der Waals surface area contributed by atoms with Crippen molar-refractivity contribution < 1.29 is 5.11 Å². The van der Waals surface area contributed by atoms with Gasteiger partial charge >= 0.3 is 0 Å². The van der Waals surface area contributed by atoms with Gasteiger partial charge in [0.15, 0.2) is 0 Å². The lowest BCUT2D eigenvalue weighted by Crippen LogP contribution is -2.36. The van der Waals surface area contributed by atoms with Crippen LogP contribution in [0, 0.1) is 0 Å². The third kappa shape index (κ3) is 3.18. The van der Waals surface area contributed by atoms with Gasteiger partial charge in [0.25, 0.3) is 0 Å². The Morgan fingerprint density at radius 1 is 1.28 bits per heavy atom. The smallest absolute Gasteiger partial charge is 0.121 e.